The normalized spacial score (nSPS) is 27.7. The van der Waals surface area contributed by atoms with Crippen LogP contribution in [0.1, 0.15) is 56.6 Å². The lowest BCUT2D eigenvalue weighted by atomic mass is 9.55. The van der Waals surface area contributed by atoms with Gasteiger partial charge >= 0.3 is 12.1 Å². The summed E-state index contributed by atoms with van der Waals surface area (Å²) in [7, 11) is 1.83. The third-order valence-electron chi connectivity index (χ3n) is 8.48. The van der Waals surface area contributed by atoms with E-state index in [-0.39, 0.29) is 29.6 Å². The molecular weight excluding hydrogens is 468 g/mol. The topological polar surface area (TPSA) is 77.1 Å². The van der Waals surface area contributed by atoms with Crippen LogP contribution in [0.25, 0.3) is 0 Å². The summed E-state index contributed by atoms with van der Waals surface area (Å²) in [6.45, 7) is 4.63. The molecule has 1 amide bonds. The van der Waals surface area contributed by atoms with Gasteiger partial charge in [0.05, 0.1) is 5.60 Å². The van der Waals surface area contributed by atoms with E-state index >= 15 is 0 Å². The van der Waals surface area contributed by atoms with Crippen LogP contribution in [0, 0.1) is 5.92 Å². The van der Waals surface area contributed by atoms with Crippen LogP contribution >= 0.6 is 0 Å². The molecule has 7 nitrogen and oxygen atoms in total. The van der Waals surface area contributed by atoms with Gasteiger partial charge in [0.15, 0.2) is 0 Å². The van der Waals surface area contributed by atoms with E-state index in [1.165, 1.54) is 19.8 Å². The molecule has 3 aliphatic rings. The third-order valence-corrected chi connectivity index (χ3v) is 8.48. The van der Waals surface area contributed by atoms with Crippen LogP contribution in [-0.2, 0) is 26.3 Å². The first-order valence-corrected chi connectivity index (χ1v) is 13.5. The van der Waals surface area contributed by atoms with E-state index in [1.807, 2.05) is 55.6 Å². The highest BCUT2D eigenvalue weighted by Gasteiger charge is 2.59. The van der Waals surface area contributed by atoms with Crippen molar-refractivity contribution in [3.05, 3.63) is 65.7 Å². The highest BCUT2D eigenvalue weighted by atomic mass is 16.5. The standard InChI is InChI=1S/C30H38N2O5/c1-22(33)37-27-10-6-9-25(17-27)29-15-16-32(19-23-11-12-23)21-30(29,35-2)14-13-26(18-29)31-28(34)36-20-24-7-4-3-5-8-24/h3-10,17,23,26H,11-16,18-21H2,1-2H3,(H,31,34)/t26-,29+,30+/m1/s1. The van der Waals surface area contributed by atoms with Gasteiger partial charge in [0.2, 0.25) is 0 Å². The predicted octanol–water partition coefficient (Wildman–Crippen LogP) is 4.83. The number of benzene rings is 2. The number of piperidine rings is 1. The number of nitrogens with one attached hydrogen (secondary N) is 1. The van der Waals surface area contributed by atoms with Gasteiger partial charge in [-0.15, -0.1) is 0 Å². The highest BCUT2D eigenvalue weighted by molar-refractivity contribution is 5.69. The van der Waals surface area contributed by atoms with Gasteiger partial charge in [-0.3, -0.25) is 4.79 Å². The summed E-state index contributed by atoms with van der Waals surface area (Å²) < 4.78 is 17.5. The fourth-order valence-electron chi connectivity index (χ4n) is 6.49. The maximum Gasteiger partial charge on any atom is 0.407 e. The number of fused-ring (bicyclic) bond motifs is 1. The Morgan fingerprint density at radius 2 is 1.86 bits per heavy atom. The molecule has 2 aliphatic carbocycles. The molecule has 198 valence electrons. The largest absolute Gasteiger partial charge is 0.445 e. The number of rotatable bonds is 8. The molecule has 37 heavy (non-hydrogen) atoms. The van der Waals surface area contributed by atoms with Crippen LogP contribution in [0.2, 0.25) is 0 Å². The predicted molar refractivity (Wildman–Crippen MR) is 140 cm³/mol. The Morgan fingerprint density at radius 1 is 1.05 bits per heavy atom. The van der Waals surface area contributed by atoms with E-state index in [0.29, 0.717) is 5.75 Å². The van der Waals surface area contributed by atoms with Crippen molar-refractivity contribution in [2.75, 3.05) is 26.7 Å². The third kappa shape index (κ3) is 5.68. The summed E-state index contributed by atoms with van der Waals surface area (Å²) in [5.74, 6) is 1.02. The van der Waals surface area contributed by atoms with E-state index in [1.54, 1.807) is 0 Å². The van der Waals surface area contributed by atoms with Crippen molar-refractivity contribution in [1.82, 2.24) is 10.2 Å². The average molecular weight is 507 g/mol. The number of likely N-dealkylation sites (tertiary alicyclic amines) is 1. The van der Waals surface area contributed by atoms with Gasteiger partial charge in [-0.2, -0.15) is 0 Å². The molecule has 3 atom stereocenters. The molecule has 7 heteroatoms. The number of ether oxygens (including phenoxy) is 3. The van der Waals surface area contributed by atoms with E-state index in [0.717, 1.165) is 62.4 Å². The van der Waals surface area contributed by atoms with Crippen molar-refractivity contribution in [3.8, 4) is 5.75 Å². The number of alkyl carbamates (subject to hydrolysis) is 1. The van der Waals surface area contributed by atoms with Gasteiger partial charge in [-0.1, -0.05) is 42.5 Å². The van der Waals surface area contributed by atoms with Gasteiger partial charge < -0.3 is 24.4 Å². The minimum Gasteiger partial charge on any atom is -0.445 e. The van der Waals surface area contributed by atoms with Crippen molar-refractivity contribution in [3.63, 3.8) is 0 Å². The summed E-state index contributed by atoms with van der Waals surface area (Å²) in [6.07, 6.45) is 5.54. The van der Waals surface area contributed by atoms with Gasteiger partial charge in [0.25, 0.3) is 0 Å². The number of amides is 1. The zero-order valence-electron chi connectivity index (χ0n) is 21.9. The maximum atomic E-state index is 12.8. The summed E-state index contributed by atoms with van der Waals surface area (Å²) in [5.41, 5.74) is 1.35. The van der Waals surface area contributed by atoms with Gasteiger partial charge in [0.1, 0.15) is 12.4 Å². The Balaban J connectivity index is 1.38. The fraction of sp³-hybridized carbons (Fsp3) is 0.533. The summed E-state index contributed by atoms with van der Waals surface area (Å²) in [4.78, 5) is 27.0. The van der Waals surface area contributed by atoms with Gasteiger partial charge in [0, 0.05) is 38.6 Å². The molecule has 1 aliphatic heterocycles. The number of hydrogen-bond donors (Lipinski definition) is 1. The summed E-state index contributed by atoms with van der Waals surface area (Å²) >= 11 is 0. The molecule has 0 aromatic heterocycles. The molecule has 5 rings (SSSR count). The second-order valence-corrected chi connectivity index (χ2v) is 11.0. The molecule has 0 radical (unpaired) electrons. The number of carbonyl (C=O) groups is 2. The van der Waals surface area contributed by atoms with E-state index in [2.05, 4.69) is 16.3 Å². The number of esters is 1. The van der Waals surface area contributed by atoms with Crippen molar-refractivity contribution in [2.45, 2.75) is 69.1 Å². The second kappa shape index (κ2) is 10.8. The van der Waals surface area contributed by atoms with E-state index in [9.17, 15) is 9.59 Å². The van der Waals surface area contributed by atoms with Crippen molar-refractivity contribution in [2.24, 2.45) is 5.92 Å². The van der Waals surface area contributed by atoms with Crippen LogP contribution in [0.5, 0.6) is 5.75 Å². The lowest BCUT2D eigenvalue weighted by Gasteiger charge is -2.60. The van der Waals surface area contributed by atoms with Crippen molar-refractivity contribution in [1.29, 1.82) is 0 Å². The molecule has 1 saturated heterocycles. The molecule has 0 spiro atoms. The van der Waals surface area contributed by atoms with Crippen molar-refractivity contribution < 1.29 is 23.8 Å². The first-order chi connectivity index (χ1) is 17.9. The fourth-order valence-corrected chi connectivity index (χ4v) is 6.49. The number of carbonyl (C=O) groups excluding carboxylic acids is 2. The zero-order chi connectivity index (χ0) is 25.9. The Hall–Kier alpha value is -2.90. The van der Waals surface area contributed by atoms with Crippen LogP contribution in [0.15, 0.2) is 54.6 Å². The van der Waals surface area contributed by atoms with Crippen molar-refractivity contribution >= 4 is 12.1 Å². The first kappa shape index (κ1) is 25.7. The zero-order valence-corrected chi connectivity index (χ0v) is 21.9. The lowest BCUT2D eigenvalue weighted by molar-refractivity contribution is -0.149. The minimum absolute atomic E-state index is 0.0427. The number of hydrogen-bond acceptors (Lipinski definition) is 6. The molecule has 2 aromatic carbocycles. The molecule has 0 unspecified atom stereocenters. The Bertz CT molecular complexity index is 1100. The molecule has 1 N–H and O–H groups in total. The Morgan fingerprint density at radius 3 is 2.59 bits per heavy atom. The van der Waals surface area contributed by atoms with Crippen LogP contribution in [0.3, 0.4) is 0 Å². The monoisotopic (exact) mass is 506 g/mol. The van der Waals surface area contributed by atoms with E-state index in [4.69, 9.17) is 14.2 Å². The van der Waals surface area contributed by atoms with Gasteiger partial charge in [-0.25, -0.2) is 4.79 Å². The van der Waals surface area contributed by atoms with Crippen LogP contribution in [-0.4, -0.2) is 55.3 Å². The number of nitrogens with zero attached hydrogens (tertiary/aromatic N) is 1. The van der Waals surface area contributed by atoms with Crippen LogP contribution < -0.4 is 10.1 Å². The molecule has 0 bridgehead atoms. The Labute approximate surface area is 219 Å². The SMILES string of the molecule is CO[C@]12CC[C@@H](NC(=O)OCc3ccccc3)C[C@]1(c1cccc(OC(C)=O)c1)CCN(CC1CC1)C2. The Kier molecular flexibility index (Phi) is 7.54. The lowest BCUT2D eigenvalue weighted by Crippen LogP contribution is -2.68. The number of methoxy groups -OCH3 is 1. The molecule has 2 saturated carbocycles. The molecule has 1 heterocycles. The minimum atomic E-state index is -0.395. The molecule has 2 aromatic rings. The highest BCUT2D eigenvalue weighted by Crippen LogP contribution is 2.54. The second-order valence-electron chi connectivity index (χ2n) is 11.0. The summed E-state index contributed by atoms with van der Waals surface area (Å²) in [5, 5.41) is 3.14. The van der Waals surface area contributed by atoms with E-state index < -0.39 is 6.09 Å². The van der Waals surface area contributed by atoms with Crippen LogP contribution in [0.4, 0.5) is 4.79 Å². The van der Waals surface area contributed by atoms with Gasteiger partial charge in [-0.05, 0) is 74.2 Å². The maximum absolute atomic E-state index is 12.8. The smallest absolute Gasteiger partial charge is 0.407 e. The first-order valence-electron chi connectivity index (χ1n) is 13.5. The summed E-state index contributed by atoms with van der Waals surface area (Å²) in [6, 6.07) is 17.5. The quantitative estimate of drug-likeness (QED) is 0.408. The average Bonchev–Trinajstić information content (AvgIpc) is 3.72. The molecular formula is C30H38N2O5. The molecule has 3 fully saturated rings.